The lowest BCUT2D eigenvalue weighted by atomic mass is 9.99. The van der Waals surface area contributed by atoms with E-state index in [1.54, 1.807) is 31.2 Å². The van der Waals surface area contributed by atoms with Crippen LogP contribution >= 0.6 is 0 Å². The van der Waals surface area contributed by atoms with Gasteiger partial charge in [-0.25, -0.2) is 9.48 Å². The van der Waals surface area contributed by atoms with Crippen molar-refractivity contribution in [1.29, 1.82) is 0 Å². The third-order valence-electron chi connectivity index (χ3n) is 4.24. The zero-order valence-electron chi connectivity index (χ0n) is 14.1. The fourth-order valence-corrected chi connectivity index (χ4v) is 2.55. The van der Waals surface area contributed by atoms with Crippen molar-refractivity contribution in [2.24, 2.45) is 5.92 Å². The Morgan fingerprint density at radius 1 is 1.24 bits per heavy atom. The lowest BCUT2D eigenvalue weighted by Gasteiger charge is -2.20. The SMILES string of the molecule is CC[C@H](C)[C@H](NC(=O)CCn1[nH]c(=O)c2ccccc2c1=O)C(=O)O. The standard InChI is InChI=1S/C17H21N3O5/c1-3-10(2)14(17(24)25)18-13(21)8-9-20-16(23)12-7-5-4-6-11(12)15(22)19-20/h4-7,10,14H,3,8-9H2,1-2H3,(H,18,21)(H,19,22)(H,24,25)/t10-,14-/m0/s1. The molecule has 1 amide bonds. The smallest absolute Gasteiger partial charge is 0.326 e. The molecule has 1 heterocycles. The summed E-state index contributed by atoms with van der Waals surface area (Å²) >= 11 is 0. The minimum absolute atomic E-state index is 0.0441. The first-order valence-corrected chi connectivity index (χ1v) is 8.09. The Morgan fingerprint density at radius 2 is 1.88 bits per heavy atom. The molecular weight excluding hydrogens is 326 g/mol. The van der Waals surface area contributed by atoms with Crippen LogP contribution in [0.5, 0.6) is 0 Å². The maximum Gasteiger partial charge on any atom is 0.326 e. The summed E-state index contributed by atoms with van der Waals surface area (Å²) in [4.78, 5) is 47.6. The number of nitrogens with one attached hydrogen (secondary N) is 2. The van der Waals surface area contributed by atoms with Crippen LogP contribution in [0.25, 0.3) is 10.8 Å². The summed E-state index contributed by atoms with van der Waals surface area (Å²) in [5.74, 6) is -1.81. The maximum atomic E-state index is 12.3. The minimum atomic E-state index is -1.10. The van der Waals surface area contributed by atoms with Crippen molar-refractivity contribution in [3.63, 3.8) is 0 Å². The van der Waals surface area contributed by atoms with Gasteiger partial charge in [-0.15, -0.1) is 0 Å². The van der Waals surface area contributed by atoms with Crippen LogP contribution in [0.15, 0.2) is 33.9 Å². The van der Waals surface area contributed by atoms with E-state index >= 15 is 0 Å². The number of aromatic amines is 1. The Labute approximate surface area is 143 Å². The zero-order chi connectivity index (χ0) is 18.6. The van der Waals surface area contributed by atoms with Gasteiger partial charge in [-0.3, -0.25) is 19.5 Å². The normalized spacial score (nSPS) is 13.4. The number of hydrogen-bond acceptors (Lipinski definition) is 4. The molecule has 0 bridgehead atoms. The molecule has 2 aromatic rings. The van der Waals surface area contributed by atoms with Crippen molar-refractivity contribution in [3.05, 3.63) is 45.0 Å². The van der Waals surface area contributed by atoms with Crippen LogP contribution in [0.1, 0.15) is 26.7 Å². The summed E-state index contributed by atoms with van der Waals surface area (Å²) < 4.78 is 1.07. The molecule has 1 aromatic carbocycles. The third-order valence-corrected chi connectivity index (χ3v) is 4.24. The molecule has 0 spiro atoms. The van der Waals surface area contributed by atoms with Crippen LogP contribution in [-0.2, 0) is 16.1 Å². The van der Waals surface area contributed by atoms with E-state index in [9.17, 15) is 24.3 Å². The van der Waals surface area contributed by atoms with Crippen LogP contribution in [0.2, 0.25) is 0 Å². The van der Waals surface area contributed by atoms with Crippen LogP contribution < -0.4 is 16.4 Å². The molecule has 0 saturated heterocycles. The number of aliphatic carboxylic acids is 1. The van der Waals surface area contributed by atoms with Gasteiger partial charge in [0.2, 0.25) is 5.91 Å². The van der Waals surface area contributed by atoms with Crippen LogP contribution in [0.3, 0.4) is 0 Å². The lowest BCUT2D eigenvalue weighted by Crippen LogP contribution is -2.45. The van der Waals surface area contributed by atoms with Crippen LogP contribution in [-0.4, -0.2) is 32.8 Å². The van der Waals surface area contributed by atoms with Gasteiger partial charge in [-0.05, 0) is 18.1 Å². The van der Waals surface area contributed by atoms with E-state index in [4.69, 9.17) is 0 Å². The number of aromatic nitrogens is 2. The molecule has 8 heteroatoms. The number of carbonyl (C=O) groups excluding carboxylic acids is 1. The average molecular weight is 347 g/mol. The topological polar surface area (TPSA) is 121 Å². The molecular formula is C17H21N3O5. The van der Waals surface area contributed by atoms with Gasteiger partial charge in [-0.2, -0.15) is 0 Å². The number of nitrogens with zero attached hydrogens (tertiary/aromatic N) is 1. The molecule has 0 aliphatic heterocycles. The quantitative estimate of drug-likeness (QED) is 0.680. The number of fused-ring (bicyclic) bond motifs is 1. The number of rotatable bonds is 7. The molecule has 25 heavy (non-hydrogen) atoms. The van der Waals surface area contributed by atoms with Gasteiger partial charge in [0.25, 0.3) is 11.1 Å². The van der Waals surface area contributed by atoms with Crippen molar-refractivity contribution < 1.29 is 14.7 Å². The summed E-state index contributed by atoms with van der Waals surface area (Å²) in [5, 5.41) is 14.7. The van der Waals surface area contributed by atoms with E-state index in [0.717, 1.165) is 4.68 Å². The Balaban J connectivity index is 2.13. The molecule has 0 unspecified atom stereocenters. The third kappa shape index (κ3) is 4.14. The highest BCUT2D eigenvalue weighted by atomic mass is 16.4. The second kappa shape index (κ2) is 7.78. The van der Waals surface area contributed by atoms with Gasteiger partial charge in [0.1, 0.15) is 6.04 Å². The van der Waals surface area contributed by atoms with E-state index < -0.39 is 29.0 Å². The number of carboxylic acids is 1. The highest BCUT2D eigenvalue weighted by Gasteiger charge is 2.25. The highest BCUT2D eigenvalue weighted by Crippen LogP contribution is 2.08. The molecule has 2 rings (SSSR count). The molecule has 2 atom stereocenters. The van der Waals surface area contributed by atoms with E-state index in [1.807, 2.05) is 6.92 Å². The van der Waals surface area contributed by atoms with Crippen molar-refractivity contribution in [3.8, 4) is 0 Å². The van der Waals surface area contributed by atoms with Crippen molar-refractivity contribution in [2.45, 2.75) is 39.3 Å². The summed E-state index contributed by atoms with van der Waals surface area (Å²) in [5.41, 5.74) is -0.821. The molecule has 0 saturated carbocycles. The van der Waals surface area contributed by atoms with Crippen LogP contribution in [0.4, 0.5) is 0 Å². The van der Waals surface area contributed by atoms with Gasteiger partial charge < -0.3 is 10.4 Å². The van der Waals surface area contributed by atoms with Gasteiger partial charge in [0.15, 0.2) is 0 Å². The largest absolute Gasteiger partial charge is 0.480 e. The van der Waals surface area contributed by atoms with E-state index in [0.29, 0.717) is 6.42 Å². The Hall–Kier alpha value is -2.90. The molecule has 0 fully saturated rings. The van der Waals surface area contributed by atoms with Crippen molar-refractivity contribution >= 4 is 22.6 Å². The number of amides is 1. The number of carboxylic acid groups (broad SMARTS) is 1. The number of H-pyrrole nitrogens is 1. The minimum Gasteiger partial charge on any atom is -0.480 e. The Kier molecular flexibility index (Phi) is 5.74. The predicted octanol–water partition coefficient (Wildman–Crippen LogP) is 0.695. The second-order valence-electron chi connectivity index (χ2n) is 5.96. The summed E-state index contributed by atoms with van der Waals surface area (Å²) in [6.07, 6.45) is 0.489. The number of carbonyl (C=O) groups is 2. The summed E-state index contributed by atoms with van der Waals surface area (Å²) in [6, 6.07) is 5.44. The second-order valence-corrected chi connectivity index (χ2v) is 5.96. The molecule has 0 aliphatic carbocycles. The molecule has 0 aliphatic rings. The molecule has 1 aromatic heterocycles. The predicted molar refractivity (Wildman–Crippen MR) is 92.5 cm³/mol. The number of benzene rings is 1. The van der Waals surface area contributed by atoms with Gasteiger partial charge in [-0.1, -0.05) is 32.4 Å². The molecule has 8 nitrogen and oxygen atoms in total. The molecule has 0 radical (unpaired) electrons. The van der Waals surface area contributed by atoms with Crippen molar-refractivity contribution in [2.75, 3.05) is 0 Å². The van der Waals surface area contributed by atoms with E-state index in [-0.39, 0.29) is 29.7 Å². The van der Waals surface area contributed by atoms with Crippen molar-refractivity contribution in [1.82, 2.24) is 15.1 Å². The summed E-state index contributed by atoms with van der Waals surface area (Å²) in [6.45, 7) is 3.54. The van der Waals surface area contributed by atoms with Gasteiger partial charge in [0.05, 0.1) is 17.3 Å². The fraction of sp³-hybridized carbons (Fsp3) is 0.412. The number of aryl methyl sites for hydroxylation is 1. The molecule has 134 valence electrons. The van der Waals surface area contributed by atoms with Gasteiger partial charge >= 0.3 is 5.97 Å². The Bertz CT molecular complexity index is 899. The fourth-order valence-electron chi connectivity index (χ4n) is 2.55. The zero-order valence-corrected chi connectivity index (χ0v) is 14.1. The Morgan fingerprint density at radius 3 is 2.48 bits per heavy atom. The number of hydrogen-bond donors (Lipinski definition) is 3. The van der Waals surface area contributed by atoms with E-state index in [1.165, 1.54) is 0 Å². The van der Waals surface area contributed by atoms with Crippen LogP contribution in [0, 0.1) is 5.92 Å². The first-order chi connectivity index (χ1) is 11.8. The lowest BCUT2D eigenvalue weighted by molar-refractivity contribution is -0.143. The maximum absolute atomic E-state index is 12.3. The average Bonchev–Trinajstić information content (AvgIpc) is 2.60. The van der Waals surface area contributed by atoms with Gasteiger partial charge in [0, 0.05) is 6.42 Å². The first kappa shape index (κ1) is 18.4. The van der Waals surface area contributed by atoms with E-state index in [2.05, 4.69) is 10.4 Å². The summed E-state index contributed by atoms with van der Waals surface area (Å²) in [7, 11) is 0. The first-order valence-electron chi connectivity index (χ1n) is 8.09. The highest BCUT2D eigenvalue weighted by molar-refractivity contribution is 5.83. The monoisotopic (exact) mass is 347 g/mol. The molecule has 3 N–H and O–H groups in total.